The highest BCUT2D eigenvalue weighted by Gasteiger charge is 2.35. The predicted molar refractivity (Wildman–Crippen MR) is 76.4 cm³/mol. The molecule has 19 heavy (non-hydrogen) atoms. The first-order valence-corrected chi connectivity index (χ1v) is 6.01. The second-order valence-corrected chi connectivity index (χ2v) is 4.51. The van der Waals surface area contributed by atoms with Crippen LogP contribution in [0.1, 0.15) is 23.3 Å². The molecule has 1 aliphatic rings. The standard InChI is InChI=1S/C15H15NO2.ClH/c16-13-14(17)11-8-4-5-9-12(11)18-15(13)10-6-2-1-3-7-10;/h1-9,13-15,17H,16H2;1H. The zero-order chi connectivity index (χ0) is 12.5. The summed E-state index contributed by atoms with van der Waals surface area (Å²) in [5, 5.41) is 10.3. The molecule has 100 valence electrons. The number of hydrogen-bond acceptors (Lipinski definition) is 3. The van der Waals surface area contributed by atoms with Crippen LogP contribution in [0, 0.1) is 0 Å². The van der Waals surface area contributed by atoms with Crippen molar-refractivity contribution in [2.24, 2.45) is 5.73 Å². The van der Waals surface area contributed by atoms with Crippen LogP contribution in [0.2, 0.25) is 0 Å². The van der Waals surface area contributed by atoms with Crippen molar-refractivity contribution < 1.29 is 9.84 Å². The molecule has 0 saturated carbocycles. The van der Waals surface area contributed by atoms with E-state index >= 15 is 0 Å². The van der Waals surface area contributed by atoms with Crippen LogP contribution in [0.15, 0.2) is 54.6 Å². The van der Waals surface area contributed by atoms with Gasteiger partial charge in [0, 0.05) is 5.56 Å². The molecule has 0 bridgehead atoms. The van der Waals surface area contributed by atoms with Crippen LogP contribution >= 0.6 is 12.4 Å². The van der Waals surface area contributed by atoms with E-state index in [1.807, 2.05) is 54.6 Å². The van der Waals surface area contributed by atoms with Gasteiger partial charge < -0.3 is 15.6 Å². The van der Waals surface area contributed by atoms with Crippen LogP contribution in [0.5, 0.6) is 5.75 Å². The van der Waals surface area contributed by atoms with E-state index in [-0.39, 0.29) is 18.5 Å². The number of para-hydroxylation sites is 1. The summed E-state index contributed by atoms with van der Waals surface area (Å²) in [7, 11) is 0. The number of hydrogen-bond donors (Lipinski definition) is 2. The van der Waals surface area contributed by atoms with Gasteiger partial charge in [0.25, 0.3) is 0 Å². The smallest absolute Gasteiger partial charge is 0.142 e. The van der Waals surface area contributed by atoms with Gasteiger partial charge in [-0.15, -0.1) is 12.4 Å². The summed E-state index contributed by atoms with van der Waals surface area (Å²) in [5.74, 6) is 0.709. The van der Waals surface area contributed by atoms with Crippen molar-refractivity contribution >= 4 is 12.4 Å². The van der Waals surface area contributed by atoms with Gasteiger partial charge in [0.2, 0.25) is 0 Å². The Labute approximate surface area is 118 Å². The van der Waals surface area contributed by atoms with Gasteiger partial charge in [0.05, 0.1) is 6.04 Å². The molecule has 3 unspecified atom stereocenters. The Morgan fingerprint density at radius 3 is 2.32 bits per heavy atom. The Balaban J connectivity index is 0.00000133. The van der Waals surface area contributed by atoms with E-state index in [0.717, 1.165) is 11.1 Å². The lowest BCUT2D eigenvalue weighted by Crippen LogP contribution is -2.41. The highest BCUT2D eigenvalue weighted by atomic mass is 35.5. The molecule has 0 amide bonds. The van der Waals surface area contributed by atoms with Gasteiger partial charge in [-0.2, -0.15) is 0 Å². The van der Waals surface area contributed by atoms with Crippen LogP contribution in [-0.4, -0.2) is 11.1 Å². The summed E-state index contributed by atoms with van der Waals surface area (Å²) >= 11 is 0. The van der Waals surface area contributed by atoms with E-state index in [2.05, 4.69) is 0 Å². The van der Waals surface area contributed by atoms with E-state index < -0.39 is 12.1 Å². The summed E-state index contributed by atoms with van der Waals surface area (Å²) in [6.45, 7) is 0. The Morgan fingerprint density at radius 2 is 1.58 bits per heavy atom. The van der Waals surface area contributed by atoms with Gasteiger partial charge in [0.1, 0.15) is 18.0 Å². The fraction of sp³-hybridized carbons (Fsp3) is 0.200. The number of nitrogens with two attached hydrogens (primary N) is 1. The minimum atomic E-state index is -0.694. The fourth-order valence-corrected chi connectivity index (χ4v) is 2.35. The molecular formula is C15H16ClNO2. The summed E-state index contributed by atoms with van der Waals surface area (Å²) in [6, 6.07) is 16.8. The topological polar surface area (TPSA) is 55.5 Å². The third kappa shape index (κ3) is 2.45. The number of aliphatic hydroxyl groups is 1. The average molecular weight is 278 g/mol. The third-order valence-corrected chi connectivity index (χ3v) is 3.33. The van der Waals surface area contributed by atoms with Crippen LogP contribution in [0.4, 0.5) is 0 Å². The SMILES string of the molecule is Cl.NC1C(O)c2ccccc2OC1c1ccccc1. The van der Waals surface area contributed by atoms with Crippen molar-refractivity contribution in [3.63, 3.8) is 0 Å². The molecule has 3 N–H and O–H groups in total. The maximum Gasteiger partial charge on any atom is 0.142 e. The van der Waals surface area contributed by atoms with Gasteiger partial charge in [-0.1, -0.05) is 48.5 Å². The van der Waals surface area contributed by atoms with Crippen molar-refractivity contribution in [3.05, 3.63) is 65.7 Å². The second kappa shape index (κ2) is 5.61. The zero-order valence-electron chi connectivity index (χ0n) is 10.3. The Bertz CT molecular complexity index is 547. The van der Waals surface area contributed by atoms with Crippen LogP contribution in [0.3, 0.4) is 0 Å². The van der Waals surface area contributed by atoms with Crippen molar-refractivity contribution in [2.75, 3.05) is 0 Å². The maximum atomic E-state index is 10.3. The monoisotopic (exact) mass is 277 g/mol. The minimum Gasteiger partial charge on any atom is -0.484 e. The quantitative estimate of drug-likeness (QED) is 0.842. The lowest BCUT2D eigenvalue weighted by Gasteiger charge is -2.35. The van der Waals surface area contributed by atoms with E-state index in [4.69, 9.17) is 10.5 Å². The number of ether oxygens (including phenoxy) is 1. The van der Waals surface area contributed by atoms with Crippen molar-refractivity contribution in [2.45, 2.75) is 18.2 Å². The molecule has 3 nitrogen and oxygen atoms in total. The minimum absolute atomic E-state index is 0. The first-order valence-electron chi connectivity index (χ1n) is 6.01. The molecule has 1 heterocycles. The highest BCUT2D eigenvalue weighted by molar-refractivity contribution is 5.85. The number of halogens is 1. The van der Waals surface area contributed by atoms with Crippen molar-refractivity contribution in [1.82, 2.24) is 0 Å². The molecule has 0 aromatic heterocycles. The molecule has 2 aromatic rings. The maximum absolute atomic E-state index is 10.3. The Morgan fingerprint density at radius 1 is 0.947 bits per heavy atom. The van der Waals surface area contributed by atoms with Gasteiger partial charge in [-0.3, -0.25) is 0 Å². The lowest BCUT2D eigenvalue weighted by atomic mass is 9.91. The first kappa shape index (κ1) is 13.9. The highest BCUT2D eigenvalue weighted by Crippen LogP contribution is 2.39. The van der Waals surface area contributed by atoms with E-state index in [0.29, 0.717) is 5.75 Å². The van der Waals surface area contributed by atoms with E-state index in [9.17, 15) is 5.11 Å². The molecule has 1 aliphatic heterocycles. The summed E-state index contributed by atoms with van der Waals surface area (Å²) in [6.07, 6.45) is -1.00. The molecule has 0 radical (unpaired) electrons. The molecular weight excluding hydrogens is 262 g/mol. The van der Waals surface area contributed by atoms with Crippen molar-refractivity contribution in [1.29, 1.82) is 0 Å². The summed E-state index contributed by atoms with van der Waals surface area (Å²) in [5.41, 5.74) is 7.84. The fourth-order valence-electron chi connectivity index (χ4n) is 2.35. The number of benzene rings is 2. The van der Waals surface area contributed by atoms with E-state index in [1.165, 1.54) is 0 Å². The molecule has 0 aliphatic carbocycles. The number of rotatable bonds is 1. The van der Waals surface area contributed by atoms with Gasteiger partial charge >= 0.3 is 0 Å². The molecule has 3 atom stereocenters. The Kier molecular flexibility index (Phi) is 4.10. The summed E-state index contributed by atoms with van der Waals surface area (Å²) < 4.78 is 5.92. The van der Waals surface area contributed by atoms with Crippen LogP contribution in [-0.2, 0) is 0 Å². The molecule has 0 fully saturated rings. The second-order valence-electron chi connectivity index (χ2n) is 4.51. The molecule has 0 spiro atoms. The molecule has 3 rings (SSSR count). The van der Waals surface area contributed by atoms with Crippen LogP contribution < -0.4 is 10.5 Å². The van der Waals surface area contributed by atoms with Gasteiger partial charge in [0.15, 0.2) is 0 Å². The van der Waals surface area contributed by atoms with Gasteiger partial charge in [-0.05, 0) is 11.6 Å². The molecule has 0 saturated heterocycles. The average Bonchev–Trinajstić information content (AvgIpc) is 2.44. The predicted octanol–water partition coefficient (Wildman–Crippen LogP) is 2.60. The Hall–Kier alpha value is -1.55. The molecule has 2 aromatic carbocycles. The zero-order valence-corrected chi connectivity index (χ0v) is 11.1. The third-order valence-electron chi connectivity index (χ3n) is 3.33. The van der Waals surface area contributed by atoms with Gasteiger partial charge in [-0.25, -0.2) is 0 Å². The first-order chi connectivity index (χ1) is 8.77. The normalized spacial score (nSPS) is 24.8. The largest absolute Gasteiger partial charge is 0.484 e. The summed E-state index contributed by atoms with van der Waals surface area (Å²) in [4.78, 5) is 0. The number of fused-ring (bicyclic) bond motifs is 1. The molecule has 4 heteroatoms. The lowest BCUT2D eigenvalue weighted by molar-refractivity contribution is 0.0412. The van der Waals surface area contributed by atoms with E-state index in [1.54, 1.807) is 0 Å². The van der Waals surface area contributed by atoms with Crippen molar-refractivity contribution in [3.8, 4) is 5.75 Å². The number of aliphatic hydroxyl groups excluding tert-OH is 1. The van der Waals surface area contributed by atoms with Crippen LogP contribution in [0.25, 0.3) is 0 Å².